The number of carbonyl (C=O) groups is 1. The molecule has 3 heterocycles. The highest BCUT2D eigenvalue weighted by atomic mass is 16.5. The Kier molecular flexibility index (Phi) is 3.83. The normalized spacial score (nSPS) is 17.8. The largest absolute Gasteiger partial charge is 0.373 e. The van der Waals surface area contributed by atoms with Gasteiger partial charge in [0, 0.05) is 19.8 Å². The van der Waals surface area contributed by atoms with Crippen LogP contribution in [0.15, 0.2) is 22.9 Å². The number of aryl methyl sites for hydroxylation is 2. The fourth-order valence-corrected chi connectivity index (χ4v) is 3.08. The molecule has 1 unspecified atom stereocenters. The first-order valence-electron chi connectivity index (χ1n) is 7.49. The molecule has 0 spiro atoms. The van der Waals surface area contributed by atoms with Crippen LogP contribution in [-0.4, -0.2) is 34.5 Å². The molecule has 1 aliphatic heterocycles. The van der Waals surface area contributed by atoms with Crippen molar-refractivity contribution in [3.05, 3.63) is 40.9 Å². The van der Waals surface area contributed by atoms with E-state index in [2.05, 4.69) is 15.5 Å². The molecule has 1 amide bonds. The summed E-state index contributed by atoms with van der Waals surface area (Å²) in [7, 11) is 1.84. The fourth-order valence-electron chi connectivity index (χ4n) is 3.08. The van der Waals surface area contributed by atoms with Crippen molar-refractivity contribution in [1.82, 2.24) is 15.0 Å². The van der Waals surface area contributed by atoms with Gasteiger partial charge in [0.15, 0.2) is 0 Å². The smallest absolute Gasteiger partial charge is 0.259 e. The van der Waals surface area contributed by atoms with Crippen LogP contribution >= 0.6 is 0 Å². The van der Waals surface area contributed by atoms with Crippen molar-refractivity contribution in [2.24, 2.45) is 0 Å². The topological polar surface area (TPSA) is 71.3 Å². The number of nitrogens with zero attached hydrogens (tertiary/aromatic N) is 3. The zero-order valence-electron chi connectivity index (χ0n) is 13.1. The average molecular weight is 300 g/mol. The van der Waals surface area contributed by atoms with Crippen LogP contribution in [0.4, 0.5) is 5.82 Å². The monoisotopic (exact) mass is 300 g/mol. The van der Waals surface area contributed by atoms with Crippen molar-refractivity contribution in [1.29, 1.82) is 0 Å². The van der Waals surface area contributed by atoms with E-state index in [4.69, 9.17) is 4.52 Å². The third-order valence-corrected chi connectivity index (χ3v) is 4.19. The van der Waals surface area contributed by atoms with Crippen molar-refractivity contribution in [3.8, 4) is 0 Å². The molecular formula is C16H20N4O2. The second-order valence-electron chi connectivity index (χ2n) is 5.58. The van der Waals surface area contributed by atoms with Crippen molar-refractivity contribution in [2.75, 3.05) is 18.9 Å². The van der Waals surface area contributed by atoms with Gasteiger partial charge in [-0.05, 0) is 44.4 Å². The molecule has 1 N–H and O–H groups in total. The molecule has 116 valence electrons. The Hall–Kier alpha value is -2.37. The van der Waals surface area contributed by atoms with Gasteiger partial charge < -0.3 is 14.7 Å². The second kappa shape index (κ2) is 5.79. The lowest BCUT2D eigenvalue weighted by Gasteiger charge is -2.25. The first-order valence-corrected chi connectivity index (χ1v) is 7.49. The number of nitrogens with one attached hydrogen (secondary N) is 1. The van der Waals surface area contributed by atoms with E-state index >= 15 is 0 Å². The quantitative estimate of drug-likeness (QED) is 0.943. The van der Waals surface area contributed by atoms with Crippen molar-refractivity contribution < 1.29 is 9.32 Å². The number of rotatable bonds is 3. The minimum Gasteiger partial charge on any atom is -0.373 e. The number of pyridine rings is 1. The molecule has 0 aliphatic carbocycles. The summed E-state index contributed by atoms with van der Waals surface area (Å²) in [5, 5.41) is 6.93. The Labute approximate surface area is 129 Å². The molecule has 0 saturated carbocycles. The Balaban J connectivity index is 1.91. The molecule has 1 saturated heterocycles. The maximum Gasteiger partial charge on any atom is 0.259 e. The van der Waals surface area contributed by atoms with E-state index in [0.717, 1.165) is 30.8 Å². The van der Waals surface area contributed by atoms with Gasteiger partial charge in [0.25, 0.3) is 5.91 Å². The maximum absolute atomic E-state index is 12.9. The zero-order chi connectivity index (χ0) is 15.7. The lowest BCUT2D eigenvalue weighted by Crippen LogP contribution is -2.31. The molecule has 6 nitrogen and oxygen atoms in total. The molecule has 3 rings (SSSR count). The number of anilines is 1. The minimum atomic E-state index is 0.00145. The van der Waals surface area contributed by atoms with Crippen molar-refractivity contribution in [3.63, 3.8) is 0 Å². The number of amides is 1. The molecular weight excluding hydrogens is 280 g/mol. The van der Waals surface area contributed by atoms with Gasteiger partial charge in [-0.25, -0.2) is 4.98 Å². The average Bonchev–Trinajstić information content (AvgIpc) is 3.14. The summed E-state index contributed by atoms with van der Waals surface area (Å²) in [5.41, 5.74) is 2.35. The maximum atomic E-state index is 12.9. The molecule has 1 fully saturated rings. The highest BCUT2D eigenvalue weighted by Crippen LogP contribution is 2.34. The minimum absolute atomic E-state index is 0.00145. The van der Waals surface area contributed by atoms with Gasteiger partial charge in [0.05, 0.1) is 11.7 Å². The van der Waals surface area contributed by atoms with Gasteiger partial charge in [0.1, 0.15) is 17.1 Å². The van der Waals surface area contributed by atoms with Crippen LogP contribution < -0.4 is 5.32 Å². The Morgan fingerprint density at radius 1 is 1.45 bits per heavy atom. The molecule has 2 aromatic heterocycles. The van der Waals surface area contributed by atoms with E-state index in [1.807, 2.05) is 24.1 Å². The number of carbonyl (C=O) groups excluding carboxylic acids is 1. The first-order chi connectivity index (χ1) is 10.6. The standard InChI is InChI=1S/C16H20N4O2/c1-10-15(11(2)22-19-10)16(21)20-8-4-5-13(20)12-6-7-18-14(9-12)17-3/h6-7,9,13H,4-5,8H2,1-3H3,(H,17,18). The Morgan fingerprint density at radius 2 is 2.27 bits per heavy atom. The predicted molar refractivity (Wildman–Crippen MR) is 82.8 cm³/mol. The molecule has 0 radical (unpaired) electrons. The Bertz CT molecular complexity index is 676. The van der Waals surface area contributed by atoms with Crippen LogP contribution in [0.1, 0.15) is 46.3 Å². The van der Waals surface area contributed by atoms with Gasteiger partial charge in [-0.1, -0.05) is 5.16 Å². The number of aromatic nitrogens is 2. The first kappa shape index (κ1) is 14.6. The lowest BCUT2D eigenvalue weighted by molar-refractivity contribution is 0.0733. The summed E-state index contributed by atoms with van der Waals surface area (Å²) in [6.07, 6.45) is 3.73. The summed E-state index contributed by atoms with van der Waals surface area (Å²) >= 11 is 0. The van der Waals surface area contributed by atoms with E-state index in [1.165, 1.54) is 0 Å². The molecule has 0 aromatic carbocycles. The molecule has 22 heavy (non-hydrogen) atoms. The third-order valence-electron chi connectivity index (χ3n) is 4.19. The predicted octanol–water partition coefficient (Wildman–Crippen LogP) is 2.71. The van der Waals surface area contributed by atoms with Gasteiger partial charge in [-0.2, -0.15) is 0 Å². The van der Waals surface area contributed by atoms with Crippen molar-refractivity contribution >= 4 is 11.7 Å². The van der Waals surface area contributed by atoms with Crippen LogP contribution in [0.5, 0.6) is 0 Å². The summed E-state index contributed by atoms with van der Waals surface area (Å²) in [6.45, 7) is 4.34. The van der Waals surface area contributed by atoms with E-state index in [9.17, 15) is 4.79 Å². The van der Waals surface area contributed by atoms with E-state index < -0.39 is 0 Å². The van der Waals surface area contributed by atoms with Gasteiger partial charge in [-0.15, -0.1) is 0 Å². The molecule has 1 aliphatic rings. The second-order valence-corrected chi connectivity index (χ2v) is 5.58. The van der Waals surface area contributed by atoms with Crippen LogP contribution in [0.3, 0.4) is 0 Å². The summed E-state index contributed by atoms with van der Waals surface area (Å²) in [4.78, 5) is 19.0. The van der Waals surface area contributed by atoms with Gasteiger partial charge in [-0.3, -0.25) is 4.79 Å². The summed E-state index contributed by atoms with van der Waals surface area (Å²) < 4.78 is 5.14. The van der Waals surface area contributed by atoms with Gasteiger partial charge >= 0.3 is 0 Å². The molecule has 2 aromatic rings. The van der Waals surface area contributed by atoms with E-state index in [1.54, 1.807) is 20.0 Å². The molecule has 1 atom stereocenters. The third kappa shape index (κ3) is 2.45. The molecule has 6 heteroatoms. The van der Waals surface area contributed by atoms with Crippen molar-refractivity contribution in [2.45, 2.75) is 32.7 Å². The summed E-state index contributed by atoms with van der Waals surface area (Å²) in [5.74, 6) is 1.40. The number of hydrogen-bond acceptors (Lipinski definition) is 5. The highest BCUT2D eigenvalue weighted by Gasteiger charge is 2.33. The highest BCUT2D eigenvalue weighted by molar-refractivity contribution is 5.96. The zero-order valence-corrected chi connectivity index (χ0v) is 13.1. The Morgan fingerprint density at radius 3 is 2.95 bits per heavy atom. The SMILES string of the molecule is CNc1cc(C2CCCN2C(=O)c2c(C)noc2C)ccn1. The number of hydrogen-bond donors (Lipinski definition) is 1. The van der Waals surface area contributed by atoms with Crippen LogP contribution in [0, 0.1) is 13.8 Å². The van der Waals surface area contributed by atoms with E-state index in [0.29, 0.717) is 17.0 Å². The van der Waals surface area contributed by atoms with Gasteiger partial charge in [0.2, 0.25) is 0 Å². The fraction of sp³-hybridized carbons (Fsp3) is 0.438. The lowest BCUT2D eigenvalue weighted by atomic mass is 10.0. The van der Waals surface area contributed by atoms with Crippen LogP contribution in [0.25, 0.3) is 0 Å². The van der Waals surface area contributed by atoms with E-state index in [-0.39, 0.29) is 11.9 Å². The summed E-state index contributed by atoms with van der Waals surface area (Å²) in [6, 6.07) is 4.06. The van der Waals surface area contributed by atoms with Crippen LogP contribution in [0.2, 0.25) is 0 Å². The number of likely N-dealkylation sites (tertiary alicyclic amines) is 1. The molecule has 0 bridgehead atoms. The van der Waals surface area contributed by atoms with Crippen LogP contribution in [-0.2, 0) is 0 Å².